The van der Waals surface area contributed by atoms with Crippen molar-refractivity contribution in [3.8, 4) is 5.75 Å². The Kier molecular flexibility index (Phi) is 7.44. The molecule has 6 heteroatoms. The molecule has 0 unspecified atom stereocenters. The molecule has 1 saturated heterocycles. The van der Waals surface area contributed by atoms with E-state index in [0.29, 0.717) is 29.7 Å². The number of nitrogens with zero attached hydrogens (tertiary/aromatic N) is 1. The number of esters is 1. The van der Waals surface area contributed by atoms with Crippen LogP contribution in [-0.4, -0.2) is 42.3 Å². The van der Waals surface area contributed by atoms with Gasteiger partial charge in [0, 0.05) is 32.1 Å². The summed E-state index contributed by atoms with van der Waals surface area (Å²) in [6.45, 7) is 3.37. The highest BCUT2D eigenvalue weighted by Crippen LogP contribution is 2.26. The molecule has 1 heterocycles. The summed E-state index contributed by atoms with van der Waals surface area (Å²) in [5, 5.41) is 2.96. The lowest BCUT2D eigenvalue weighted by Crippen LogP contribution is -2.41. The molecule has 0 atom stereocenters. The number of hydrogen-bond donors (Lipinski definition) is 1. The molecule has 3 rings (SSSR count). The fraction of sp³-hybridized carbons (Fsp3) is 0.522. The number of allylic oxidation sites excluding steroid dienone is 1. The summed E-state index contributed by atoms with van der Waals surface area (Å²) in [4.78, 5) is 37.7. The van der Waals surface area contributed by atoms with Gasteiger partial charge in [-0.1, -0.05) is 25.0 Å². The minimum Gasteiger partial charge on any atom is -0.427 e. The smallest absolute Gasteiger partial charge is 0.308 e. The Hall–Kier alpha value is -2.63. The molecule has 156 valence electrons. The molecular weight excluding hydrogens is 368 g/mol. The SMILES string of the molecule is CC(=O)Oc1cccc(C(=O)NCC2CCN(C(=O)/C=C/C3CCCC3)CC2)c1. The molecule has 1 aromatic carbocycles. The molecule has 1 saturated carbocycles. The molecule has 1 aromatic rings. The molecule has 0 radical (unpaired) electrons. The van der Waals surface area contributed by atoms with Crippen molar-refractivity contribution in [3.05, 3.63) is 42.0 Å². The van der Waals surface area contributed by atoms with Crippen molar-refractivity contribution in [3.63, 3.8) is 0 Å². The molecule has 0 bridgehead atoms. The van der Waals surface area contributed by atoms with Crippen LogP contribution in [0.3, 0.4) is 0 Å². The number of benzene rings is 1. The van der Waals surface area contributed by atoms with Crippen LogP contribution in [-0.2, 0) is 9.59 Å². The van der Waals surface area contributed by atoms with Gasteiger partial charge in [-0.05, 0) is 61.8 Å². The topological polar surface area (TPSA) is 75.7 Å². The minimum atomic E-state index is -0.415. The van der Waals surface area contributed by atoms with Gasteiger partial charge in [0.15, 0.2) is 0 Å². The predicted molar refractivity (Wildman–Crippen MR) is 110 cm³/mol. The number of nitrogens with one attached hydrogen (secondary N) is 1. The Morgan fingerprint density at radius 2 is 1.86 bits per heavy atom. The first-order valence-electron chi connectivity index (χ1n) is 10.5. The van der Waals surface area contributed by atoms with E-state index >= 15 is 0 Å². The van der Waals surface area contributed by atoms with Crippen molar-refractivity contribution in [2.45, 2.75) is 45.4 Å². The lowest BCUT2D eigenvalue weighted by molar-refractivity contribution is -0.132. The molecular formula is C23H30N2O4. The zero-order chi connectivity index (χ0) is 20.6. The number of rotatable bonds is 6. The Bertz CT molecular complexity index is 760. The molecule has 2 aliphatic rings. The largest absolute Gasteiger partial charge is 0.427 e. The standard InChI is InChI=1S/C23H30N2O4/c1-17(26)29-21-8-4-7-20(15-21)23(28)24-16-19-11-13-25(14-12-19)22(27)10-9-18-5-2-3-6-18/h4,7-10,15,18-19H,2-3,5-6,11-14,16H2,1H3,(H,24,28)/b10-9+. The quantitative estimate of drug-likeness (QED) is 0.453. The fourth-order valence-electron chi connectivity index (χ4n) is 4.04. The highest BCUT2D eigenvalue weighted by molar-refractivity contribution is 5.94. The normalized spacial score (nSPS) is 18.2. The van der Waals surface area contributed by atoms with Gasteiger partial charge in [0.25, 0.3) is 5.91 Å². The maximum atomic E-state index is 12.4. The van der Waals surface area contributed by atoms with Gasteiger partial charge in [-0.2, -0.15) is 0 Å². The van der Waals surface area contributed by atoms with Crippen LogP contribution >= 0.6 is 0 Å². The number of piperidine rings is 1. The van der Waals surface area contributed by atoms with Crippen LogP contribution in [0.25, 0.3) is 0 Å². The Morgan fingerprint density at radius 1 is 1.14 bits per heavy atom. The number of carbonyl (C=O) groups is 3. The van der Waals surface area contributed by atoms with Gasteiger partial charge in [-0.3, -0.25) is 14.4 Å². The van der Waals surface area contributed by atoms with E-state index < -0.39 is 5.97 Å². The summed E-state index contributed by atoms with van der Waals surface area (Å²) < 4.78 is 5.02. The second-order valence-electron chi connectivity index (χ2n) is 8.00. The van der Waals surface area contributed by atoms with Gasteiger partial charge in [-0.15, -0.1) is 0 Å². The molecule has 0 aromatic heterocycles. The van der Waals surface area contributed by atoms with E-state index in [9.17, 15) is 14.4 Å². The molecule has 2 amide bonds. The van der Waals surface area contributed by atoms with Gasteiger partial charge in [0.05, 0.1) is 0 Å². The number of likely N-dealkylation sites (tertiary alicyclic amines) is 1. The van der Waals surface area contributed by atoms with Crippen LogP contribution in [0, 0.1) is 11.8 Å². The van der Waals surface area contributed by atoms with Crippen LogP contribution in [0.2, 0.25) is 0 Å². The highest BCUT2D eigenvalue weighted by Gasteiger charge is 2.22. The highest BCUT2D eigenvalue weighted by atomic mass is 16.5. The zero-order valence-corrected chi connectivity index (χ0v) is 17.1. The number of hydrogen-bond acceptors (Lipinski definition) is 4. The second kappa shape index (κ2) is 10.2. The number of carbonyl (C=O) groups excluding carboxylic acids is 3. The Labute approximate surface area is 172 Å². The predicted octanol–water partition coefficient (Wildman–Crippen LogP) is 3.33. The molecule has 1 aliphatic carbocycles. The lowest BCUT2D eigenvalue weighted by Gasteiger charge is -2.31. The number of amides is 2. The van der Waals surface area contributed by atoms with E-state index in [1.54, 1.807) is 30.3 Å². The molecule has 2 fully saturated rings. The summed E-state index contributed by atoms with van der Waals surface area (Å²) in [5.41, 5.74) is 0.466. The van der Waals surface area contributed by atoms with E-state index in [1.807, 2.05) is 4.90 Å². The Morgan fingerprint density at radius 3 is 2.55 bits per heavy atom. The fourth-order valence-corrected chi connectivity index (χ4v) is 4.04. The lowest BCUT2D eigenvalue weighted by atomic mass is 9.96. The average Bonchev–Trinajstić information content (AvgIpc) is 3.24. The van der Waals surface area contributed by atoms with Crippen molar-refractivity contribution in [1.29, 1.82) is 0 Å². The van der Waals surface area contributed by atoms with E-state index in [1.165, 1.54) is 32.6 Å². The van der Waals surface area contributed by atoms with Crippen molar-refractivity contribution >= 4 is 17.8 Å². The summed E-state index contributed by atoms with van der Waals surface area (Å²) >= 11 is 0. The maximum absolute atomic E-state index is 12.4. The number of ether oxygens (including phenoxy) is 1. The Balaban J connectivity index is 1.41. The van der Waals surface area contributed by atoms with E-state index in [0.717, 1.165) is 25.9 Å². The third-order valence-corrected chi connectivity index (χ3v) is 5.75. The van der Waals surface area contributed by atoms with Gasteiger partial charge >= 0.3 is 5.97 Å². The van der Waals surface area contributed by atoms with E-state index in [4.69, 9.17) is 4.74 Å². The summed E-state index contributed by atoms with van der Waals surface area (Å²) in [5.74, 6) is 0.813. The van der Waals surface area contributed by atoms with Crippen LogP contribution in [0.4, 0.5) is 0 Å². The van der Waals surface area contributed by atoms with Crippen LogP contribution in [0.1, 0.15) is 55.8 Å². The molecule has 29 heavy (non-hydrogen) atoms. The third kappa shape index (κ3) is 6.44. The van der Waals surface area contributed by atoms with Crippen molar-refractivity contribution in [1.82, 2.24) is 10.2 Å². The third-order valence-electron chi connectivity index (χ3n) is 5.75. The molecule has 6 nitrogen and oxygen atoms in total. The zero-order valence-electron chi connectivity index (χ0n) is 17.1. The van der Waals surface area contributed by atoms with Gasteiger partial charge in [0.1, 0.15) is 5.75 Å². The summed E-state index contributed by atoms with van der Waals surface area (Å²) in [6.07, 6.45) is 10.6. The average molecular weight is 399 g/mol. The second-order valence-corrected chi connectivity index (χ2v) is 8.00. The van der Waals surface area contributed by atoms with Crippen LogP contribution in [0.15, 0.2) is 36.4 Å². The molecule has 0 spiro atoms. The van der Waals surface area contributed by atoms with Crippen LogP contribution in [0.5, 0.6) is 5.75 Å². The van der Waals surface area contributed by atoms with Gasteiger partial charge < -0.3 is 15.0 Å². The van der Waals surface area contributed by atoms with Gasteiger partial charge in [-0.25, -0.2) is 0 Å². The maximum Gasteiger partial charge on any atom is 0.308 e. The van der Waals surface area contributed by atoms with Crippen LogP contribution < -0.4 is 10.1 Å². The molecule has 1 aliphatic heterocycles. The van der Waals surface area contributed by atoms with E-state index in [-0.39, 0.29) is 11.8 Å². The molecule has 1 N–H and O–H groups in total. The minimum absolute atomic E-state index is 0.113. The first-order valence-corrected chi connectivity index (χ1v) is 10.5. The van der Waals surface area contributed by atoms with Gasteiger partial charge in [0.2, 0.25) is 5.91 Å². The summed E-state index contributed by atoms with van der Waals surface area (Å²) in [6, 6.07) is 6.59. The van der Waals surface area contributed by atoms with Crippen molar-refractivity contribution in [2.75, 3.05) is 19.6 Å². The summed E-state index contributed by atoms with van der Waals surface area (Å²) in [7, 11) is 0. The van der Waals surface area contributed by atoms with Crippen molar-refractivity contribution < 1.29 is 19.1 Å². The van der Waals surface area contributed by atoms with Crippen molar-refractivity contribution in [2.24, 2.45) is 11.8 Å². The van der Waals surface area contributed by atoms with E-state index in [2.05, 4.69) is 11.4 Å². The first kappa shape index (κ1) is 21.1. The first-order chi connectivity index (χ1) is 14.0. The monoisotopic (exact) mass is 398 g/mol.